The number of thiol groups is 1. The smallest absolute Gasteiger partial charge is 0.139 e. The normalized spacial score (nSPS) is 15.9. The monoisotopic (exact) mass is 230 g/mol. The van der Waals surface area contributed by atoms with Crippen molar-refractivity contribution in [2.75, 3.05) is 7.05 Å². The van der Waals surface area contributed by atoms with Crippen molar-refractivity contribution in [3.63, 3.8) is 0 Å². The van der Waals surface area contributed by atoms with E-state index in [1.807, 2.05) is 18.2 Å². The van der Waals surface area contributed by atoms with Crippen LogP contribution in [0.4, 0.5) is 0 Å². The number of hydrogen-bond acceptors (Lipinski definition) is 2. The topological polar surface area (TPSA) is 25.8 Å². The lowest BCUT2D eigenvalue weighted by Crippen LogP contribution is -2.86. The van der Waals surface area contributed by atoms with Crippen LogP contribution in [0.1, 0.15) is 18.6 Å². The number of quaternary nitrogens is 1. The highest BCUT2D eigenvalue weighted by molar-refractivity contribution is 8.36. The highest BCUT2D eigenvalue weighted by Crippen LogP contribution is 2.30. The second-order valence-electron chi connectivity index (χ2n) is 3.23. The third-order valence-electron chi connectivity index (χ3n) is 2.31. The van der Waals surface area contributed by atoms with Crippen LogP contribution in [0.15, 0.2) is 30.3 Å². The van der Waals surface area contributed by atoms with Crippen LogP contribution < -0.4 is 5.32 Å². The SMILES string of the molecule is C[NH2+][C@@H](C)[C@H](OPS)c1ccccc1. The maximum absolute atomic E-state index is 5.64. The zero-order valence-electron chi connectivity index (χ0n) is 8.47. The van der Waals surface area contributed by atoms with Crippen LogP contribution in [0.25, 0.3) is 0 Å². The van der Waals surface area contributed by atoms with Crippen LogP contribution in [-0.2, 0) is 4.52 Å². The highest BCUT2D eigenvalue weighted by atomic mass is 32.7. The zero-order chi connectivity index (χ0) is 10.4. The molecule has 14 heavy (non-hydrogen) atoms. The lowest BCUT2D eigenvalue weighted by molar-refractivity contribution is -0.668. The van der Waals surface area contributed by atoms with E-state index in [2.05, 4.69) is 43.7 Å². The first kappa shape index (κ1) is 12.0. The summed E-state index contributed by atoms with van der Waals surface area (Å²) in [6, 6.07) is 10.7. The molecule has 2 N–H and O–H groups in total. The van der Waals surface area contributed by atoms with E-state index in [1.165, 1.54) is 5.56 Å². The molecule has 0 aliphatic carbocycles. The molecule has 0 bridgehead atoms. The second kappa shape index (κ2) is 6.41. The Morgan fingerprint density at radius 2 is 2.00 bits per heavy atom. The van der Waals surface area contributed by atoms with Gasteiger partial charge in [0.2, 0.25) is 0 Å². The molecule has 0 saturated carbocycles. The Bertz CT molecular complexity index is 258. The molecular weight excluding hydrogens is 213 g/mol. The summed E-state index contributed by atoms with van der Waals surface area (Å²) in [4.78, 5) is 0. The van der Waals surface area contributed by atoms with Gasteiger partial charge in [0, 0.05) is 0 Å². The zero-order valence-corrected chi connectivity index (χ0v) is 10.4. The van der Waals surface area contributed by atoms with E-state index < -0.39 is 0 Å². The summed E-state index contributed by atoms with van der Waals surface area (Å²) in [5.41, 5.74) is 1.22. The molecule has 1 rings (SSSR count). The standard InChI is InChI=1S/C10H16NOPS/c1-8(11-2)10(12-13-14)9-6-4-3-5-7-9/h3-8,10-11,13-14H,1-2H3/p+1/t8-,10-/m0/s1. The Morgan fingerprint density at radius 1 is 1.36 bits per heavy atom. The molecule has 0 fully saturated rings. The molecule has 0 heterocycles. The third-order valence-corrected chi connectivity index (χ3v) is 2.99. The van der Waals surface area contributed by atoms with Crippen LogP contribution in [0, 0.1) is 0 Å². The van der Waals surface area contributed by atoms with Crippen LogP contribution in [0.2, 0.25) is 0 Å². The van der Waals surface area contributed by atoms with Crippen LogP contribution in [-0.4, -0.2) is 13.1 Å². The molecule has 0 aliphatic rings. The fourth-order valence-corrected chi connectivity index (χ4v) is 2.16. The highest BCUT2D eigenvalue weighted by Gasteiger charge is 2.20. The molecule has 1 aromatic carbocycles. The van der Waals surface area contributed by atoms with E-state index in [1.54, 1.807) is 0 Å². The van der Waals surface area contributed by atoms with Crippen LogP contribution in [0.3, 0.4) is 0 Å². The van der Waals surface area contributed by atoms with Gasteiger partial charge in [-0.1, -0.05) is 30.3 Å². The van der Waals surface area contributed by atoms with Gasteiger partial charge in [-0.2, -0.15) is 0 Å². The van der Waals surface area contributed by atoms with E-state index >= 15 is 0 Å². The van der Waals surface area contributed by atoms with E-state index in [-0.39, 0.29) is 14.1 Å². The van der Waals surface area contributed by atoms with Crippen molar-refractivity contribution in [3.05, 3.63) is 35.9 Å². The van der Waals surface area contributed by atoms with Crippen molar-refractivity contribution in [3.8, 4) is 0 Å². The summed E-state index contributed by atoms with van der Waals surface area (Å²) in [6.07, 6.45) is 0.136. The molecular formula is C10H17NOPS+. The molecule has 0 amide bonds. The van der Waals surface area contributed by atoms with E-state index in [9.17, 15) is 0 Å². The molecule has 1 unspecified atom stereocenters. The van der Waals surface area contributed by atoms with Gasteiger partial charge in [-0.25, -0.2) is 0 Å². The van der Waals surface area contributed by atoms with Crippen molar-refractivity contribution in [1.82, 2.24) is 0 Å². The molecule has 3 atom stereocenters. The molecule has 0 saturated heterocycles. The van der Waals surface area contributed by atoms with Gasteiger partial charge in [0.05, 0.1) is 15.1 Å². The minimum Gasteiger partial charge on any atom is -0.344 e. The molecule has 0 radical (unpaired) electrons. The third kappa shape index (κ3) is 3.25. The van der Waals surface area contributed by atoms with Gasteiger partial charge >= 0.3 is 0 Å². The maximum atomic E-state index is 5.64. The van der Waals surface area contributed by atoms with Gasteiger partial charge in [-0.15, -0.1) is 12.2 Å². The maximum Gasteiger partial charge on any atom is 0.139 e. The Kier molecular flexibility index (Phi) is 5.49. The van der Waals surface area contributed by atoms with Crippen molar-refractivity contribution in [2.45, 2.75) is 19.1 Å². The van der Waals surface area contributed by atoms with E-state index in [0.29, 0.717) is 6.04 Å². The Morgan fingerprint density at radius 3 is 2.50 bits per heavy atom. The van der Waals surface area contributed by atoms with Crippen molar-refractivity contribution < 1.29 is 9.84 Å². The fourth-order valence-electron chi connectivity index (χ4n) is 1.35. The molecule has 0 aliphatic heterocycles. The first-order valence-corrected chi connectivity index (χ1v) is 6.88. The van der Waals surface area contributed by atoms with Crippen LogP contribution in [0.5, 0.6) is 0 Å². The van der Waals surface area contributed by atoms with Gasteiger partial charge in [-0.3, -0.25) is 0 Å². The minimum atomic E-state index is 0.136. The number of benzene rings is 1. The summed E-state index contributed by atoms with van der Waals surface area (Å²) in [7, 11) is 2.29. The Labute approximate surface area is 92.5 Å². The first-order chi connectivity index (χ1) is 6.79. The quantitative estimate of drug-likeness (QED) is 0.585. The number of nitrogens with two attached hydrogens (primary N) is 1. The van der Waals surface area contributed by atoms with Gasteiger partial charge in [0.25, 0.3) is 0 Å². The van der Waals surface area contributed by atoms with Gasteiger partial charge in [-0.05, 0) is 12.5 Å². The molecule has 2 nitrogen and oxygen atoms in total. The summed E-state index contributed by atoms with van der Waals surface area (Å²) >= 11 is 4.14. The molecule has 0 aromatic heterocycles. The lowest BCUT2D eigenvalue weighted by Gasteiger charge is -2.20. The van der Waals surface area contributed by atoms with Crippen molar-refractivity contribution >= 4 is 20.3 Å². The molecule has 0 spiro atoms. The molecule has 1 aromatic rings. The molecule has 4 heteroatoms. The predicted octanol–water partition coefficient (Wildman–Crippen LogP) is 1.76. The summed E-state index contributed by atoms with van der Waals surface area (Å²) in [6.45, 7) is 2.16. The average molecular weight is 230 g/mol. The summed E-state index contributed by atoms with van der Waals surface area (Å²) < 4.78 is 5.64. The minimum absolute atomic E-state index is 0.136. The number of hydrogen-bond donors (Lipinski definition) is 2. The average Bonchev–Trinajstić information content (AvgIpc) is 2.26. The summed E-state index contributed by atoms with van der Waals surface area (Å²) in [5, 5.41) is 2.16. The number of likely N-dealkylation sites (N-methyl/N-ethyl adjacent to an activating group) is 1. The van der Waals surface area contributed by atoms with E-state index in [4.69, 9.17) is 4.52 Å². The van der Waals surface area contributed by atoms with Gasteiger partial charge in [0.1, 0.15) is 12.1 Å². The fraction of sp³-hybridized carbons (Fsp3) is 0.400. The lowest BCUT2D eigenvalue weighted by atomic mass is 10.0. The predicted molar refractivity (Wildman–Crippen MR) is 64.9 cm³/mol. The largest absolute Gasteiger partial charge is 0.344 e. The number of rotatable bonds is 5. The van der Waals surface area contributed by atoms with Gasteiger partial charge in [0.15, 0.2) is 0 Å². The Hall–Kier alpha value is -0.0800. The summed E-state index contributed by atoms with van der Waals surface area (Å²) in [5.74, 6) is 0. The second-order valence-corrected chi connectivity index (χ2v) is 4.20. The van der Waals surface area contributed by atoms with Gasteiger partial charge < -0.3 is 9.84 Å². The van der Waals surface area contributed by atoms with Crippen molar-refractivity contribution in [1.29, 1.82) is 0 Å². The Balaban J connectivity index is 2.77. The molecule has 78 valence electrons. The van der Waals surface area contributed by atoms with Crippen molar-refractivity contribution in [2.24, 2.45) is 0 Å². The first-order valence-electron chi connectivity index (χ1n) is 4.68. The van der Waals surface area contributed by atoms with E-state index in [0.717, 1.165) is 0 Å². The van der Waals surface area contributed by atoms with Crippen LogP contribution >= 0.6 is 20.3 Å².